The molecule has 5 heteroatoms. The minimum absolute atomic E-state index is 0.406. The van der Waals surface area contributed by atoms with Crippen LogP contribution in [0.4, 0.5) is 5.95 Å². The van der Waals surface area contributed by atoms with Crippen molar-refractivity contribution in [1.82, 2.24) is 14.6 Å². The molecule has 2 heterocycles. The summed E-state index contributed by atoms with van der Waals surface area (Å²) in [7, 11) is 1.76. The molecule has 0 amide bonds. The minimum Gasteiger partial charge on any atom is -0.385 e. The highest BCUT2D eigenvalue weighted by atomic mass is 16.5. The maximum absolute atomic E-state index is 5.17. The van der Waals surface area contributed by atoms with E-state index in [0.717, 1.165) is 25.2 Å². The highest BCUT2D eigenvalue weighted by Crippen LogP contribution is 2.48. The minimum atomic E-state index is 0.406. The molecular weight excluding hydrogens is 240 g/mol. The maximum atomic E-state index is 5.17. The van der Waals surface area contributed by atoms with Gasteiger partial charge in [0.15, 0.2) is 5.65 Å². The molecule has 0 aromatic carbocycles. The first kappa shape index (κ1) is 12.4. The third-order valence-corrected chi connectivity index (χ3v) is 3.89. The van der Waals surface area contributed by atoms with Crippen LogP contribution >= 0.6 is 0 Å². The van der Waals surface area contributed by atoms with Crippen LogP contribution in [0, 0.1) is 12.3 Å². The molecule has 3 rings (SSSR count). The van der Waals surface area contributed by atoms with Gasteiger partial charge < -0.3 is 10.1 Å². The molecule has 102 valence electrons. The van der Waals surface area contributed by atoms with E-state index >= 15 is 0 Å². The van der Waals surface area contributed by atoms with E-state index in [1.54, 1.807) is 7.11 Å². The molecule has 2 aromatic heterocycles. The van der Waals surface area contributed by atoms with E-state index in [0.29, 0.717) is 11.4 Å². The molecule has 1 saturated carbocycles. The van der Waals surface area contributed by atoms with Crippen molar-refractivity contribution in [2.45, 2.75) is 26.2 Å². The molecule has 1 aliphatic carbocycles. The SMILES string of the molecule is COCCC1(CNc2nc3ccc(C)cn3n2)CC1. The van der Waals surface area contributed by atoms with E-state index in [9.17, 15) is 0 Å². The molecule has 0 radical (unpaired) electrons. The van der Waals surface area contributed by atoms with Crippen molar-refractivity contribution in [2.24, 2.45) is 5.41 Å². The number of fused-ring (bicyclic) bond motifs is 1. The molecule has 0 spiro atoms. The van der Waals surface area contributed by atoms with Crippen LogP contribution in [0.25, 0.3) is 5.65 Å². The fraction of sp³-hybridized carbons (Fsp3) is 0.571. The van der Waals surface area contributed by atoms with E-state index < -0.39 is 0 Å². The van der Waals surface area contributed by atoms with E-state index in [1.807, 2.05) is 16.8 Å². The third-order valence-electron chi connectivity index (χ3n) is 3.89. The van der Waals surface area contributed by atoms with Crippen molar-refractivity contribution >= 4 is 11.6 Å². The Balaban J connectivity index is 1.65. The average Bonchev–Trinajstić information content (AvgIpc) is 3.06. The summed E-state index contributed by atoms with van der Waals surface area (Å²) >= 11 is 0. The van der Waals surface area contributed by atoms with Crippen LogP contribution in [0.15, 0.2) is 18.3 Å². The predicted octanol–water partition coefficient (Wildman–Crippen LogP) is 2.27. The van der Waals surface area contributed by atoms with Gasteiger partial charge in [0, 0.05) is 26.5 Å². The van der Waals surface area contributed by atoms with Gasteiger partial charge in [-0.3, -0.25) is 0 Å². The summed E-state index contributed by atoms with van der Waals surface area (Å²) in [6, 6.07) is 4.04. The second kappa shape index (κ2) is 4.81. The number of rotatable bonds is 6. The predicted molar refractivity (Wildman–Crippen MR) is 74.4 cm³/mol. The van der Waals surface area contributed by atoms with Crippen LogP contribution in [-0.2, 0) is 4.74 Å². The molecule has 2 aromatic rings. The Morgan fingerprint density at radius 3 is 3.00 bits per heavy atom. The Bertz CT molecular complexity index is 574. The lowest BCUT2D eigenvalue weighted by molar-refractivity contribution is 0.175. The van der Waals surface area contributed by atoms with Crippen LogP contribution in [0.2, 0.25) is 0 Å². The highest BCUT2D eigenvalue weighted by molar-refractivity contribution is 5.44. The van der Waals surface area contributed by atoms with Crippen molar-refractivity contribution < 1.29 is 4.74 Å². The van der Waals surface area contributed by atoms with E-state index in [2.05, 4.69) is 28.4 Å². The lowest BCUT2D eigenvalue weighted by Crippen LogP contribution is -2.17. The van der Waals surface area contributed by atoms with Gasteiger partial charge in [-0.15, -0.1) is 5.10 Å². The average molecular weight is 260 g/mol. The van der Waals surface area contributed by atoms with Gasteiger partial charge >= 0.3 is 0 Å². The van der Waals surface area contributed by atoms with Crippen molar-refractivity contribution in [3.63, 3.8) is 0 Å². The standard InChI is InChI=1S/C14H20N4O/c1-11-3-4-12-16-13(17-18(12)9-11)15-10-14(5-6-14)7-8-19-2/h3-4,9H,5-8,10H2,1-2H3,(H,15,17). The van der Waals surface area contributed by atoms with E-state index in [1.165, 1.54) is 18.4 Å². The summed E-state index contributed by atoms with van der Waals surface area (Å²) in [5.74, 6) is 0.717. The Morgan fingerprint density at radius 1 is 1.42 bits per heavy atom. The van der Waals surface area contributed by atoms with Crippen LogP contribution in [0.5, 0.6) is 0 Å². The molecule has 19 heavy (non-hydrogen) atoms. The molecule has 1 aliphatic rings. The number of aryl methyl sites for hydroxylation is 1. The lowest BCUT2D eigenvalue weighted by Gasteiger charge is -2.14. The number of nitrogens with zero attached hydrogens (tertiary/aromatic N) is 3. The summed E-state index contributed by atoms with van der Waals surface area (Å²) in [5, 5.41) is 7.81. The van der Waals surface area contributed by atoms with Gasteiger partial charge in [-0.05, 0) is 43.2 Å². The Hall–Kier alpha value is -1.62. The van der Waals surface area contributed by atoms with Crippen molar-refractivity contribution in [3.8, 4) is 0 Å². The van der Waals surface area contributed by atoms with Crippen LogP contribution in [0.3, 0.4) is 0 Å². The first-order valence-electron chi connectivity index (χ1n) is 6.77. The summed E-state index contributed by atoms with van der Waals surface area (Å²) in [4.78, 5) is 4.47. The number of methoxy groups -OCH3 is 1. The topological polar surface area (TPSA) is 51.5 Å². The number of hydrogen-bond donors (Lipinski definition) is 1. The van der Waals surface area contributed by atoms with Crippen LogP contribution < -0.4 is 5.32 Å². The third kappa shape index (κ3) is 2.71. The van der Waals surface area contributed by atoms with Gasteiger partial charge in [0.05, 0.1) is 0 Å². The van der Waals surface area contributed by atoms with Gasteiger partial charge in [0.2, 0.25) is 5.95 Å². The Morgan fingerprint density at radius 2 is 2.26 bits per heavy atom. The first-order chi connectivity index (χ1) is 9.21. The molecule has 0 atom stereocenters. The Kier molecular flexibility index (Phi) is 3.14. The second-order valence-corrected chi connectivity index (χ2v) is 5.54. The van der Waals surface area contributed by atoms with Gasteiger partial charge in [-0.2, -0.15) is 4.98 Å². The zero-order chi connectivity index (χ0) is 13.3. The van der Waals surface area contributed by atoms with Gasteiger partial charge in [0.1, 0.15) is 0 Å². The van der Waals surface area contributed by atoms with Crippen molar-refractivity contribution in [1.29, 1.82) is 0 Å². The summed E-state index contributed by atoms with van der Waals surface area (Å²) in [6.45, 7) is 3.82. The largest absolute Gasteiger partial charge is 0.385 e. The fourth-order valence-electron chi connectivity index (χ4n) is 2.34. The normalized spacial score (nSPS) is 16.7. The smallest absolute Gasteiger partial charge is 0.243 e. The number of aromatic nitrogens is 3. The highest BCUT2D eigenvalue weighted by Gasteiger charge is 2.41. The zero-order valence-corrected chi connectivity index (χ0v) is 11.5. The monoisotopic (exact) mass is 260 g/mol. The summed E-state index contributed by atoms with van der Waals surface area (Å²) < 4.78 is 6.99. The fourth-order valence-corrected chi connectivity index (χ4v) is 2.34. The summed E-state index contributed by atoms with van der Waals surface area (Å²) in [5.41, 5.74) is 2.47. The molecule has 0 bridgehead atoms. The molecule has 1 fully saturated rings. The van der Waals surface area contributed by atoms with Crippen LogP contribution in [-0.4, -0.2) is 34.9 Å². The number of anilines is 1. The molecule has 0 unspecified atom stereocenters. The maximum Gasteiger partial charge on any atom is 0.243 e. The second-order valence-electron chi connectivity index (χ2n) is 5.54. The number of ether oxygens (including phenoxy) is 1. The summed E-state index contributed by atoms with van der Waals surface area (Å²) in [6.07, 6.45) is 5.65. The van der Waals surface area contributed by atoms with Gasteiger partial charge in [-0.25, -0.2) is 4.52 Å². The van der Waals surface area contributed by atoms with E-state index in [-0.39, 0.29) is 0 Å². The number of pyridine rings is 1. The number of hydrogen-bond acceptors (Lipinski definition) is 4. The quantitative estimate of drug-likeness (QED) is 0.865. The van der Waals surface area contributed by atoms with Crippen molar-refractivity contribution in [3.05, 3.63) is 23.9 Å². The molecule has 0 saturated heterocycles. The zero-order valence-electron chi connectivity index (χ0n) is 11.5. The molecule has 5 nitrogen and oxygen atoms in total. The molecule has 1 N–H and O–H groups in total. The lowest BCUT2D eigenvalue weighted by atomic mass is 10.0. The van der Waals surface area contributed by atoms with E-state index in [4.69, 9.17) is 4.74 Å². The first-order valence-corrected chi connectivity index (χ1v) is 6.77. The molecule has 0 aliphatic heterocycles. The molecular formula is C14H20N4O. The number of nitrogens with one attached hydrogen (secondary N) is 1. The Labute approximate surface area is 113 Å². The van der Waals surface area contributed by atoms with Gasteiger partial charge in [-0.1, -0.05) is 6.07 Å². The van der Waals surface area contributed by atoms with Crippen molar-refractivity contribution in [2.75, 3.05) is 25.6 Å². The van der Waals surface area contributed by atoms with Gasteiger partial charge in [0.25, 0.3) is 0 Å². The van der Waals surface area contributed by atoms with Crippen LogP contribution in [0.1, 0.15) is 24.8 Å².